The van der Waals surface area contributed by atoms with Crippen molar-refractivity contribution in [1.82, 2.24) is 20.1 Å². The van der Waals surface area contributed by atoms with Gasteiger partial charge in [-0.05, 0) is 44.2 Å². The van der Waals surface area contributed by atoms with Gasteiger partial charge in [-0.1, -0.05) is 39.0 Å². The molecule has 2 atom stereocenters. The fraction of sp³-hybridized carbons (Fsp3) is 0.833. The molecule has 2 bridgehead atoms. The van der Waals surface area contributed by atoms with E-state index in [-0.39, 0.29) is 10.8 Å². The quantitative estimate of drug-likeness (QED) is 0.788. The van der Waals surface area contributed by atoms with Crippen molar-refractivity contribution >= 4 is 11.8 Å². The number of fused-ring (bicyclic) bond motifs is 5. The van der Waals surface area contributed by atoms with E-state index in [4.69, 9.17) is 4.98 Å². The number of likely N-dealkylation sites (tertiary alicyclic amines) is 1. The van der Waals surface area contributed by atoms with Crippen LogP contribution in [0.5, 0.6) is 0 Å². The maximum atomic E-state index is 4.96. The van der Waals surface area contributed by atoms with E-state index in [1.165, 1.54) is 56.6 Å². The van der Waals surface area contributed by atoms with Gasteiger partial charge in [0, 0.05) is 23.6 Å². The first-order valence-corrected chi connectivity index (χ1v) is 10.1. The number of hydrogen-bond donors (Lipinski definition) is 0. The Balaban J connectivity index is 1.45. The second-order valence-electron chi connectivity index (χ2n) is 8.22. The molecule has 3 aliphatic rings. The third kappa shape index (κ3) is 2.42. The number of rotatable bonds is 4. The minimum Gasteiger partial charge on any atom is -0.303 e. The highest BCUT2D eigenvalue weighted by Gasteiger charge is 2.61. The largest absolute Gasteiger partial charge is 0.303 e. The molecule has 1 aromatic heterocycles. The molecule has 0 aromatic carbocycles. The number of piperidine rings is 1. The van der Waals surface area contributed by atoms with Crippen molar-refractivity contribution in [3.8, 4) is 0 Å². The Morgan fingerprint density at radius 1 is 1.13 bits per heavy atom. The average molecular weight is 333 g/mol. The Kier molecular flexibility index (Phi) is 3.92. The number of aromatic nitrogens is 3. The van der Waals surface area contributed by atoms with Crippen LogP contribution in [0.1, 0.15) is 70.2 Å². The van der Waals surface area contributed by atoms with Gasteiger partial charge in [0.05, 0.1) is 11.4 Å². The minimum atomic E-state index is 0.186. The Bertz CT molecular complexity index is 597. The highest BCUT2D eigenvalue weighted by molar-refractivity contribution is 7.99. The van der Waals surface area contributed by atoms with Crippen molar-refractivity contribution in [3.05, 3.63) is 11.4 Å². The zero-order valence-corrected chi connectivity index (χ0v) is 15.5. The molecular formula is C18H28N4S. The lowest BCUT2D eigenvalue weighted by molar-refractivity contribution is 0.226. The molecule has 0 radical (unpaired) electrons. The Morgan fingerprint density at radius 3 is 2.70 bits per heavy atom. The molecule has 1 aromatic rings. The third-order valence-corrected chi connectivity index (χ3v) is 7.68. The van der Waals surface area contributed by atoms with Crippen LogP contribution in [-0.2, 0) is 5.41 Å². The molecular weight excluding hydrogens is 304 g/mol. The number of hydrogen-bond acceptors (Lipinski definition) is 5. The lowest BCUT2D eigenvalue weighted by Gasteiger charge is -2.34. The van der Waals surface area contributed by atoms with Crippen molar-refractivity contribution in [2.45, 2.75) is 69.4 Å². The Hall–Kier alpha value is -0.680. The fourth-order valence-corrected chi connectivity index (χ4v) is 5.66. The van der Waals surface area contributed by atoms with Gasteiger partial charge in [-0.25, -0.2) is 4.98 Å². The summed E-state index contributed by atoms with van der Waals surface area (Å²) in [7, 11) is 0. The van der Waals surface area contributed by atoms with Crippen molar-refractivity contribution in [2.75, 3.05) is 25.4 Å². The van der Waals surface area contributed by atoms with Crippen molar-refractivity contribution < 1.29 is 0 Å². The molecule has 4 rings (SSSR count). The summed E-state index contributed by atoms with van der Waals surface area (Å²) in [6, 6.07) is 0. The average Bonchev–Trinajstić information content (AvgIpc) is 2.88. The smallest absolute Gasteiger partial charge is 0.209 e. The molecule has 0 unspecified atom stereocenters. The molecule has 23 heavy (non-hydrogen) atoms. The summed E-state index contributed by atoms with van der Waals surface area (Å²) in [4.78, 5) is 7.53. The van der Waals surface area contributed by atoms with Crippen LogP contribution in [0.3, 0.4) is 0 Å². The van der Waals surface area contributed by atoms with E-state index in [9.17, 15) is 0 Å². The summed E-state index contributed by atoms with van der Waals surface area (Å²) < 4.78 is 0. The molecule has 0 amide bonds. The van der Waals surface area contributed by atoms with Crippen LogP contribution in [0.25, 0.3) is 0 Å². The van der Waals surface area contributed by atoms with Gasteiger partial charge in [0.1, 0.15) is 0 Å². The second-order valence-corrected chi connectivity index (χ2v) is 9.29. The summed E-state index contributed by atoms with van der Waals surface area (Å²) in [5, 5.41) is 9.91. The summed E-state index contributed by atoms with van der Waals surface area (Å²) in [5.74, 6) is 1.62. The number of thioether (sulfide) groups is 1. The maximum absolute atomic E-state index is 4.96. The Labute approximate surface area is 143 Å². The first-order chi connectivity index (χ1) is 11.0. The van der Waals surface area contributed by atoms with Crippen molar-refractivity contribution in [1.29, 1.82) is 0 Å². The maximum Gasteiger partial charge on any atom is 0.209 e. The lowest BCUT2D eigenvalue weighted by Crippen LogP contribution is -2.32. The SMILES string of the molecule is CC1(C)[C@@H]2CC[C@@]1(C)c1nc(SCCN3CCCCC3)nnc12. The first kappa shape index (κ1) is 15.8. The normalized spacial score (nSPS) is 32.2. The zero-order chi connectivity index (χ0) is 16.1. The molecule has 5 heteroatoms. The van der Waals surface area contributed by atoms with Crippen LogP contribution in [-0.4, -0.2) is 45.5 Å². The van der Waals surface area contributed by atoms with E-state index >= 15 is 0 Å². The van der Waals surface area contributed by atoms with E-state index < -0.39 is 0 Å². The highest BCUT2D eigenvalue weighted by atomic mass is 32.2. The van der Waals surface area contributed by atoms with Gasteiger partial charge in [0.25, 0.3) is 0 Å². The van der Waals surface area contributed by atoms with E-state index in [0.29, 0.717) is 5.92 Å². The molecule has 2 heterocycles. The molecule has 0 N–H and O–H groups in total. The van der Waals surface area contributed by atoms with Gasteiger partial charge in [0.15, 0.2) is 0 Å². The lowest BCUT2D eigenvalue weighted by atomic mass is 9.70. The highest BCUT2D eigenvalue weighted by Crippen LogP contribution is 2.66. The molecule has 2 fully saturated rings. The van der Waals surface area contributed by atoms with E-state index in [0.717, 1.165) is 17.5 Å². The van der Waals surface area contributed by atoms with Crippen LogP contribution < -0.4 is 0 Å². The molecule has 1 saturated carbocycles. The van der Waals surface area contributed by atoms with Gasteiger partial charge >= 0.3 is 0 Å². The third-order valence-electron chi connectivity index (χ3n) is 6.86. The zero-order valence-electron chi connectivity index (χ0n) is 14.6. The van der Waals surface area contributed by atoms with Gasteiger partial charge in [-0.2, -0.15) is 5.10 Å². The molecule has 2 aliphatic carbocycles. The van der Waals surface area contributed by atoms with Gasteiger partial charge in [-0.15, -0.1) is 5.10 Å². The summed E-state index contributed by atoms with van der Waals surface area (Å²) in [6.45, 7) is 10.8. The molecule has 4 nitrogen and oxygen atoms in total. The van der Waals surface area contributed by atoms with E-state index in [1.54, 1.807) is 11.8 Å². The predicted molar refractivity (Wildman–Crippen MR) is 94.0 cm³/mol. The second kappa shape index (κ2) is 5.69. The molecule has 1 saturated heterocycles. The van der Waals surface area contributed by atoms with Crippen LogP contribution in [0, 0.1) is 5.41 Å². The van der Waals surface area contributed by atoms with Crippen LogP contribution in [0.4, 0.5) is 0 Å². The van der Waals surface area contributed by atoms with Crippen molar-refractivity contribution in [2.24, 2.45) is 5.41 Å². The topological polar surface area (TPSA) is 41.9 Å². The monoisotopic (exact) mass is 332 g/mol. The summed E-state index contributed by atoms with van der Waals surface area (Å²) >= 11 is 1.78. The van der Waals surface area contributed by atoms with Gasteiger partial charge < -0.3 is 4.90 Å². The minimum absolute atomic E-state index is 0.186. The van der Waals surface area contributed by atoms with Gasteiger partial charge in [0.2, 0.25) is 5.16 Å². The van der Waals surface area contributed by atoms with Gasteiger partial charge in [-0.3, -0.25) is 0 Å². The standard InChI is InChI=1S/C18H28N4S/c1-17(2)13-7-8-18(17,3)15-14(13)20-21-16(19-15)23-12-11-22-9-5-4-6-10-22/h13H,4-12H2,1-3H3/t13-,18+/m1/s1. The molecule has 126 valence electrons. The number of nitrogens with zero attached hydrogens (tertiary/aromatic N) is 4. The first-order valence-electron chi connectivity index (χ1n) is 9.13. The van der Waals surface area contributed by atoms with E-state index in [2.05, 4.69) is 35.9 Å². The molecule has 0 spiro atoms. The fourth-order valence-electron chi connectivity index (χ4n) is 4.87. The Morgan fingerprint density at radius 2 is 1.91 bits per heavy atom. The van der Waals surface area contributed by atoms with Crippen LogP contribution in [0.15, 0.2) is 5.16 Å². The predicted octanol–water partition coefficient (Wildman–Crippen LogP) is 3.62. The van der Waals surface area contributed by atoms with Crippen LogP contribution >= 0.6 is 11.8 Å². The summed E-state index contributed by atoms with van der Waals surface area (Å²) in [5.41, 5.74) is 2.89. The summed E-state index contributed by atoms with van der Waals surface area (Å²) in [6.07, 6.45) is 6.60. The van der Waals surface area contributed by atoms with E-state index in [1.807, 2.05) is 0 Å². The van der Waals surface area contributed by atoms with Crippen molar-refractivity contribution in [3.63, 3.8) is 0 Å². The van der Waals surface area contributed by atoms with Crippen LogP contribution in [0.2, 0.25) is 0 Å². The molecule has 1 aliphatic heterocycles.